The van der Waals surface area contributed by atoms with Crippen LogP contribution >= 0.6 is 11.3 Å². The Hall–Kier alpha value is -6.23. The van der Waals surface area contributed by atoms with Crippen LogP contribution < -0.4 is 0 Å². The number of rotatable bonds is 6. The van der Waals surface area contributed by atoms with Crippen molar-refractivity contribution < 1.29 is 0 Å². The third kappa shape index (κ3) is 5.69. The van der Waals surface area contributed by atoms with Crippen molar-refractivity contribution in [3.63, 3.8) is 0 Å². The second-order valence-corrected chi connectivity index (χ2v) is 13.1. The SMILES string of the molecule is c1ccc(-c2ccc(-c3cc(-c4ccccc4)nc(-c4ccc5cc(-c6cccc7nc(-c8ccccc8)sc67)ccc5c4)n3)cc2)cc1. The molecule has 230 valence electrons. The van der Waals surface area contributed by atoms with Gasteiger partial charge in [-0.25, -0.2) is 15.0 Å². The number of benzene rings is 7. The second-order valence-electron chi connectivity index (χ2n) is 12.1. The third-order valence-electron chi connectivity index (χ3n) is 8.93. The Kier molecular flexibility index (Phi) is 7.34. The lowest BCUT2D eigenvalue weighted by Gasteiger charge is -2.11. The average molecular weight is 644 g/mol. The van der Waals surface area contributed by atoms with E-state index in [1.165, 1.54) is 32.3 Å². The predicted octanol–water partition coefficient (Wildman–Crippen LogP) is 12.2. The first-order valence-corrected chi connectivity index (χ1v) is 17.2. The van der Waals surface area contributed by atoms with Crippen molar-refractivity contribution in [1.29, 1.82) is 0 Å². The van der Waals surface area contributed by atoms with Crippen molar-refractivity contribution in [1.82, 2.24) is 15.0 Å². The lowest BCUT2D eigenvalue weighted by atomic mass is 9.99. The highest BCUT2D eigenvalue weighted by atomic mass is 32.1. The van der Waals surface area contributed by atoms with Crippen LogP contribution in [0.1, 0.15) is 0 Å². The van der Waals surface area contributed by atoms with Crippen LogP contribution in [0.25, 0.3) is 87.7 Å². The molecule has 0 bridgehead atoms. The summed E-state index contributed by atoms with van der Waals surface area (Å²) in [5.41, 5.74) is 11.8. The highest BCUT2D eigenvalue weighted by Gasteiger charge is 2.14. The van der Waals surface area contributed by atoms with Gasteiger partial charge in [0.15, 0.2) is 5.82 Å². The van der Waals surface area contributed by atoms with Crippen LogP contribution in [0.15, 0.2) is 176 Å². The van der Waals surface area contributed by atoms with Gasteiger partial charge in [0.2, 0.25) is 0 Å². The molecule has 2 heterocycles. The molecule has 0 aliphatic heterocycles. The van der Waals surface area contributed by atoms with Crippen LogP contribution in [0, 0.1) is 0 Å². The number of hydrogen-bond acceptors (Lipinski definition) is 4. The summed E-state index contributed by atoms with van der Waals surface area (Å²) in [7, 11) is 0. The molecular weight excluding hydrogens is 615 g/mol. The maximum absolute atomic E-state index is 5.12. The molecule has 0 N–H and O–H groups in total. The largest absolute Gasteiger partial charge is 0.236 e. The standard InChI is InChI=1S/C45H29N3S/c1-4-11-30(12-5-1)31-19-21-33(22-20-31)42-29-41(32-13-6-2-7-14-32)46-44(47-42)38-26-24-35-27-37(25-23-36(35)28-38)39-17-10-18-40-43(39)49-45(48-40)34-15-8-3-9-16-34/h1-29H. The number of hydrogen-bond donors (Lipinski definition) is 0. The summed E-state index contributed by atoms with van der Waals surface area (Å²) in [5, 5.41) is 3.35. The van der Waals surface area contributed by atoms with E-state index in [-0.39, 0.29) is 0 Å². The van der Waals surface area contributed by atoms with E-state index in [0.29, 0.717) is 5.82 Å². The highest BCUT2D eigenvalue weighted by molar-refractivity contribution is 7.22. The van der Waals surface area contributed by atoms with Gasteiger partial charge in [0.05, 0.1) is 21.6 Å². The summed E-state index contributed by atoms with van der Waals surface area (Å²) in [4.78, 5) is 15.2. The second kappa shape index (κ2) is 12.4. The summed E-state index contributed by atoms with van der Waals surface area (Å²) >= 11 is 1.75. The summed E-state index contributed by atoms with van der Waals surface area (Å²) in [6, 6.07) is 61.5. The summed E-state index contributed by atoms with van der Waals surface area (Å²) in [5.74, 6) is 0.706. The quantitative estimate of drug-likeness (QED) is 0.181. The maximum Gasteiger partial charge on any atom is 0.160 e. The summed E-state index contributed by atoms with van der Waals surface area (Å²) in [6.07, 6.45) is 0. The third-order valence-corrected chi connectivity index (χ3v) is 10.1. The molecule has 7 aromatic carbocycles. The summed E-state index contributed by atoms with van der Waals surface area (Å²) < 4.78 is 1.20. The van der Waals surface area contributed by atoms with Crippen molar-refractivity contribution in [2.45, 2.75) is 0 Å². The van der Waals surface area contributed by atoms with Crippen molar-refractivity contribution >= 4 is 32.3 Å². The first-order valence-electron chi connectivity index (χ1n) is 16.4. The van der Waals surface area contributed by atoms with Gasteiger partial charge < -0.3 is 0 Å². The molecule has 0 atom stereocenters. The molecule has 9 aromatic rings. The summed E-state index contributed by atoms with van der Waals surface area (Å²) in [6.45, 7) is 0. The van der Waals surface area contributed by atoms with Crippen molar-refractivity contribution in [2.24, 2.45) is 0 Å². The number of fused-ring (bicyclic) bond motifs is 2. The molecule has 0 unspecified atom stereocenters. The van der Waals surface area contributed by atoms with Crippen LogP contribution in [-0.2, 0) is 0 Å². The lowest BCUT2D eigenvalue weighted by molar-refractivity contribution is 1.18. The van der Waals surface area contributed by atoms with Gasteiger partial charge in [0, 0.05) is 27.8 Å². The van der Waals surface area contributed by atoms with Gasteiger partial charge in [-0.2, -0.15) is 0 Å². The van der Waals surface area contributed by atoms with E-state index >= 15 is 0 Å². The van der Waals surface area contributed by atoms with Crippen LogP contribution in [0.5, 0.6) is 0 Å². The van der Waals surface area contributed by atoms with Crippen molar-refractivity contribution in [2.75, 3.05) is 0 Å². The highest BCUT2D eigenvalue weighted by Crippen LogP contribution is 2.38. The number of nitrogens with zero attached hydrogens (tertiary/aromatic N) is 3. The fourth-order valence-corrected chi connectivity index (χ4v) is 7.48. The van der Waals surface area contributed by atoms with Gasteiger partial charge in [-0.3, -0.25) is 0 Å². The Bertz CT molecular complexity index is 2580. The minimum absolute atomic E-state index is 0.706. The minimum Gasteiger partial charge on any atom is -0.236 e. The first kappa shape index (κ1) is 29.0. The van der Waals surface area contributed by atoms with E-state index in [1.807, 2.05) is 30.3 Å². The number of aromatic nitrogens is 3. The Morgan fingerprint density at radius 1 is 0.347 bits per heavy atom. The first-order chi connectivity index (χ1) is 24.2. The predicted molar refractivity (Wildman–Crippen MR) is 205 cm³/mol. The monoisotopic (exact) mass is 643 g/mol. The Morgan fingerprint density at radius 2 is 0.857 bits per heavy atom. The molecule has 4 heteroatoms. The smallest absolute Gasteiger partial charge is 0.160 e. The minimum atomic E-state index is 0.706. The van der Waals surface area contributed by atoms with Crippen LogP contribution in [0.2, 0.25) is 0 Å². The van der Waals surface area contributed by atoms with Crippen LogP contribution in [-0.4, -0.2) is 15.0 Å². The molecule has 0 radical (unpaired) electrons. The van der Waals surface area contributed by atoms with E-state index in [9.17, 15) is 0 Å². The van der Waals surface area contributed by atoms with E-state index in [1.54, 1.807) is 11.3 Å². The molecule has 3 nitrogen and oxygen atoms in total. The zero-order valence-electron chi connectivity index (χ0n) is 26.5. The Balaban J connectivity index is 1.10. The maximum atomic E-state index is 5.12. The van der Waals surface area contributed by atoms with E-state index in [2.05, 4.69) is 146 Å². The molecule has 2 aromatic heterocycles. The molecule has 0 aliphatic rings. The van der Waals surface area contributed by atoms with Gasteiger partial charge in [-0.1, -0.05) is 152 Å². The molecule has 9 rings (SSSR count). The topological polar surface area (TPSA) is 38.7 Å². The molecule has 0 spiro atoms. The van der Waals surface area contributed by atoms with Gasteiger partial charge in [-0.15, -0.1) is 11.3 Å². The van der Waals surface area contributed by atoms with Gasteiger partial charge in [0.1, 0.15) is 5.01 Å². The zero-order chi connectivity index (χ0) is 32.6. The molecular formula is C45H29N3S. The van der Waals surface area contributed by atoms with E-state index in [0.717, 1.165) is 49.6 Å². The zero-order valence-corrected chi connectivity index (χ0v) is 27.3. The Morgan fingerprint density at radius 3 is 1.53 bits per heavy atom. The molecule has 49 heavy (non-hydrogen) atoms. The van der Waals surface area contributed by atoms with Crippen molar-refractivity contribution in [3.05, 3.63) is 176 Å². The van der Waals surface area contributed by atoms with Gasteiger partial charge in [-0.05, 0) is 51.7 Å². The average Bonchev–Trinajstić information content (AvgIpc) is 3.63. The number of thiazole rings is 1. The molecule has 0 saturated heterocycles. The van der Waals surface area contributed by atoms with E-state index in [4.69, 9.17) is 15.0 Å². The van der Waals surface area contributed by atoms with Crippen molar-refractivity contribution in [3.8, 4) is 66.7 Å². The van der Waals surface area contributed by atoms with E-state index < -0.39 is 0 Å². The van der Waals surface area contributed by atoms with Gasteiger partial charge in [0.25, 0.3) is 0 Å². The Labute approximate surface area is 288 Å². The lowest BCUT2D eigenvalue weighted by Crippen LogP contribution is -1.96. The fourth-order valence-electron chi connectivity index (χ4n) is 6.38. The fraction of sp³-hybridized carbons (Fsp3) is 0. The van der Waals surface area contributed by atoms with Crippen LogP contribution in [0.3, 0.4) is 0 Å². The molecule has 0 fully saturated rings. The normalized spacial score (nSPS) is 11.3. The van der Waals surface area contributed by atoms with Gasteiger partial charge >= 0.3 is 0 Å². The molecule has 0 amide bonds. The molecule has 0 aliphatic carbocycles. The molecule has 0 saturated carbocycles. The van der Waals surface area contributed by atoms with Crippen LogP contribution in [0.4, 0.5) is 0 Å².